The number of benzene rings is 2. The highest BCUT2D eigenvalue weighted by Crippen LogP contribution is 2.28. The molecule has 2 amide bonds. The Labute approximate surface area is 143 Å². The number of hydrogen-bond acceptors (Lipinski definition) is 4. The van der Waals surface area contributed by atoms with Crippen molar-refractivity contribution in [1.82, 2.24) is 0 Å². The maximum Gasteiger partial charge on any atom is 0.257 e. The van der Waals surface area contributed by atoms with Gasteiger partial charge in [-0.15, -0.1) is 11.8 Å². The maximum atomic E-state index is 12.5. The number of amides is 2. The Morgan fingerprint density at radius 1 is 1.22 bits per heavy atom. The number of hydrogen-bond donors (Lipinski definition) is 2. The predicted molar refractivity (Wildman–Crippen MR) is 92.7 cm³/mol. The van der Waals surface area contributed by atoms with Gasteiger partial charge in [-0.25, -0.2) is 0 Å². The molecule has 0 aliphatic heterocycles. The number of nitrogens with two attached hydrogens (primary N) is 1. The SMILES string of the molecule is COc1ccc(C(N)=O)cc1NC(=O)c1cc(SC)ccc1Cl. The molecule has 0 fully saturated rings. The van der Waals surface area contributed by atoms with Crippen LogP contribution in [0.2, 0.25) is 5.02 Å². The van der Waals surface area contributed by atoms with Crippen molar-refractivity contribution < 1.29 is 14.3 Å². The summed E-state index contributed by atoms with van der Waals surface area (Å²) >= 11 is 7.60. The Balaban J connectivity index is 2.36. The van der Waals surface area contributed by atoms with Crippen molar-refractivity contribution in [1.29, 1.82) is 0 Å². The summed E-state index contributed by atoms with van der Waals surface area (Å²) in [7, 11) is 1.47. The zero-order valence-electron chi connectivity index (χ0n) is 12.6. The summed E-state index contributed by atoms with van der Waals surface area (Å²) in [5.41, 5.74) is 6.22. The summed E-state index contributed by atoms with van der Waals surface area (Å²) in [6.45, 7) is 0. The van der Waals surface area contributed by atoms with Gasteiger partial charge in [-0.1, -0.05) is 11.6 Å². The molecule has 0 aliphatic rings. The van der Waals surface area contributed by atoms with Gasteiger partial charge in [0.1, 0.15) is 5.75 Å². The van der Waals surface area contributed by atoms with Gasteiger partial charge >= 0.3 is 0 Å². The Morgan fingerprint density at radius 3 is 2.57 bits per heavy atom. The summed E-state index contributed by atoms with van der Waals surface area (Å²) in [4.78, 5) is 24.7. The molecule has 0 saturated heterocycles. The minimum Gasteiger partial charge on any atom is -0.495 e. The van der Waals surface area contributed by atoms with Gasteiger partial charge in [0.05, 0.1) is 23.4 Å². The molecule has 120 valence electrons. The Hall–Kier alpha value is -2.18. The predicted octanol–water partition coefficient (Wildman–Crippen LogP) is 3.42. The van der Waals surface area contributed by atoms with Gasteiger partial charge in [0.25, 0.3) is 5.91 Å². The molecular weight excluding hydrogens is 336 g/mol. The van der Waals surface area contributed by atoms with E-state index in [1.165, 1.54) is 31.0 Å². The molecule has 0 aliphatic carbocycles. The van der Waals surface area contributed by atoms with E-state index in [2.05, 4.69) is 5.32 Å². The second-order valence-corrected chi connectivity index (χ2v) is 5.87. The molecule has 0 heterocycles. The highest BCUT2D eigenvalue weighted by atomic mass is 35.5. The number of ether oxygens (including phenoxy) is 1. The molecule has 0 spiro atoms. The van der Waals surface area contributed by atoms with Gasteiger partial charge in [-0.3, -0.25) is 9.59 Å². The first-order valence-electron chi connectivity index (χ1n) is 6.59. The van der Waals surface area contributed by atoms with E-state index in [1.807, 2.05) is 12.3 Å². The van der Waals surface area contributed by atoms with Crippen LogP contribution in [-0.4, -0.2) is 25.2 Å². The van der Waals surface area contributed by atoms with Crippen LogP contribution >= 0.6 is 23.4 Å². The number of thioether (sulfide) groups is 1. The molecule has 0 bridgehead atoms. The lowest BCUT2D eigenvalue weighted by Gasteiger charge is -2.12. The highest BCUT2D eigenvalue weighted by molar-refractivity contribution is 7.98. The number of nitrogens with one attached hydrogen (secondary N) is 1. The molecule has 2 aromatic carbocycles. The van der Waals surface area contributed by atoms with E-state index < -0.39 is 11.8 Å². The summed E-state index contributed by atoms with van der Waals surface area (Å²) in [6.07, 6.45) is 1.91. The number of primary amides is 1. The third-order valence-electron chi connectivity index (χ3n) is 3.15. The molecule has 2 rings (SSSR count). The van der Waals surface area contributed by atoms with Gasteiger partial charge in [0.2, 0.25) is 5.91 Å². The zero-order chi connectivity index (χ0) is 17.0. The lowest BCUT2D eigenvalue weighted by atomic mass is 10.1. The molecule has 0 unspecified atom stereocenters. The number of carbonyl (C=O) groups is 2. The summed E-state index contributed by atoms with van der Waals surface area (Å²) < 4.78 is 5.19. The van der Waals surface area contributed by atoms with Crippen molar-refractivity contribution in [2.45, 2.75) is 4.90 Å². The molecule has 2 aromatic rings. The smallest absolute Gasteiger partial charge is 0.257 e. The van der Waals surface area contributed by atoms with E-state index in [0.29, 0.717) is 22.0 Å². The second kappa shape index (κ2) is 7.39. The Morgan fingerprint density at radius 2 is 1.96 bits per heavy atom. The second-order valence-electron chi connectivity index (χ2n) is 4.58. The molecular formula is C16H15ClN2O3S. The van der Waals surface area contributed by atoms with E-state index >= 15 is 0 Å². The number of methoxy groups -OCH3 is 1. The van der Waals surface area contributed by atoms with E-state index in [4.69, 9.17) is 22.1 Å². The molecule has 23 heavy (non-hydrogen) atoms. The van der Waals surface area contributed by atoms with Gasteiger partial charge in [-0.2, -0.15) is 0 Å². The van der Waals surface area contributed by atoms with Crippen molar-refractivity contribution in [3.63, 3.8) is 0 Å². The number of halogens is 1. The zero-order valence-corrected chi connectivity index (χ0v) is 14.1. The first-order valence-corrected chi connectivity index (χ1v) is 8.19. The third kappa shape index (κ3) is 3.97. The highest BCUT2D eigenvalue weighted by Gasteiger charge is 2.15. The normalized spacial score (nSPS) is 10.2. The van der Waals surface area contributed by atoms with Crippen LogP contribution in [0.1, 0.15) is 20.7 Å². The first kappa shape index (κ1) is 17.2. The van der Waals surface area contributed by atoms with Crippen LogP contribution in [0.25, 0.3) is 0 Å². The van der Waals surface area contributed by atoms with Crippen LogP contribution in [-0.2, 0) is 0 Å². The van der Waals surface area contributed by atoms with Crippen LogP contribution < -0.4 is 15.8 Å². The number of rotatable bonds is 5. The van der Waals surface area contributed by atoms with E-state index in [1.54, 1.807) is 18.2 Å². The lowest BCUT2D eigenvalue weighted by molar-refractivity contribution is 0.0996. The topological polar surface area (TPSA) is 81.4 Å². The van der Waals surface area contributed by atoms with Crippen LogP contribution in [0, 0.1) is 0 Å². The molecule has 0 saturated carbocycles. The fourth-order valence-electron chi connectivity index (χ4n) is 1.95. The van der Waals surface area contributed by atoms with Crippen LogP contribution in [0.3, 0.4) is 0 Å². The minimum atomic E-state index is -0.592. The Kier molecular flexibility index (Phi) is 5.52. The van der Waals surface area contributed by atoms with Crippen LogP contribution in [0.15, 0.2) is 41.3 Å². The van der Waals surface area contributed by atoms with Gasteiger partial charge in [0, 0.05) is 10.5 Å². The van der Waals surface area contributed by atoms with E-state index in [9.17, 15) is 9.59 Å². The quantitative estimate of drug-likeness (QED) is 0.809. The van der Waals surface area contributed by atoms with Crippen LogP contribution in [0.5, 0.6) is 5.75 Å². The van der Waals surface area contributed by atoms with Crippen molar-refractivity contribution in [3.05, 3.63) is 52.5 Å². The molecule has 0 atom stereocenters. The minimum absolute atomic E-state index is 0.269. The first-order chi connectivity index (χ1) is 11.0. The molecule has 5 nitrogen and oxygen atoms in total. The van der Waals surface area contributed by atoms with Crippen molar-refractivity contribution >= 4 is 40.9 Å². The monoisotopic (exact) mass is 350 g/mol. The molecule has 7 heteroatoms. The van der Waals surface area contributed by atoms with Gasteiger partial charge in [0.15, 0.2) is 0 Å². The molecule has 3 N–H and O–H groups in total. The van der Waals surface area contributed by atoms with E-state index in [0.717, 1.165) is 4.90 Å². The molecule has 0 radical (unpaired) electrons. The largest absolute Gasteiger partial charge is 0.495 e. The van der Waals surface area contributed by atoms with Crippen LogP contribution in [0.4, 0.5) is 5.69 Å². The van der Waals surface area contributed by atoms with E-state index in [-0.39, 0.29) is 5.56 Å². The number of carbonyl (C=O) groups excluding carboxylic acids is 2. The fourth-order valence-corrected chi connectivity index (χ4v) is 2.60. The number of anilines is 1. The van der Waals surface area contributed by atoms with Gasteiger partial charge in [-0.05, 0) is 42.7 Å². The maximum absolute atomic E-state index is 12.5. The van der Waals surface area contributed by atoms with Gasteiger partial charge < -0.3 is 15.8 Å². The average Bonchev–Trinajstić information content (AvgIpc) is 2.55. The summed E-state index contributed by atoms with van der Waals surface area (Å²) in [6, 6.07) is 9.75. The molecule has 0 aromatic heterocycles. The Bertz CT molecular complexity index is 765. The lowest BCUT2D eigenvalue weighted by Crippen LogP contribution is -2.15. The van der Waals surface area contributed by atoms with Crippen molar-refractivity contribution in [3.8, 4) is 5.75 Å². The van der Waals surface area contributed by atoms with Crippen molar-refractivity contribution in [2.24, 2.45) is 5.73 Å². The summed E-state index contributed by atoms with van der Waals surface area (Å²) in [5.74, 6) is -0.572. The average molecular weight is 351 g/mol. The third-order valence-corrected chi connectivity index (χ3v) is 4.21. The van der Waals surface area contributed by atoms with Crippen molar-refractivity contribution in [2.75, 3.05) is 18.7 Å². The standard InChI is InChI=1S/C16H15ClN2O3S/c1-22-14-6-3-9(15(18)20)7-13(14)19-16(21)11-8-10(23-2)4-5-12(11)17/h3-8H,1-2H3,(H2,18,20)(H,19,21). The summed E-state index contributed by atoms with van der Waals surface area (Å²) in [5, 5.41) is 3.04. The fraction of sp³-hybridized carbons (Fsp3) is 0.125.